The zero-order valence-electron chi connectivity index (χ0n) is 14.4. The van der Waals surface area contributed by atoms with E-state index in [2.05, 4.69) is 28.7 Å². The summed E-state index contributed by atoms with van der Waals surface area (Å²) >= 11 is 1.37. The highest BCUT2D eigenvalue weighted by molar-refractivity contribution is 8.00. The van der Waals surface area contributed by atoms with E-state index in [0.29, 0.717) is 5.92 Å². The number of imide groups is 1. The highest BCUT2D eigenvalue weighted by atomic mass is 32.2. The molecule has 0 aliphatic rings. The summed E-state index contributed by atoms with van der Waals surface area (Å²) in [6.45, 7) is 8.97. The number of primary amides is 1. The first-order valence-electron chi connectivity index (χ1n) is 8.01. The van der Waals surface area contributed by atoms with Crippen molar-refractivity contribution in [2.24, 2.45) is 17.6 Å². The average Bonchev–Trinajstić information content (AvgIpc) is 2.81. The van der Waals surface area contributed by atoms with Gasteiger partial charge in [-0.15, -0.1) is 0 Å². The molecule has 1 heterocycles. The number of aromatic nitrogens is 2. The Kier molecular flexibility index (Phi) is 5.88. The Hall–Kier alpha value is -2.02. The fourth-order valence-electron chi connectivity index (χ4n) is 2.48. The number of fused-ring (bicyclic) bond motifs is 1. The Labute approximate surface area is 146 Å². The highest BCUT2D eigenvalue weighted by Gasteiger charge is 2.27. The highest BCUT2D eigenvalue weighted by Crippen LogP contribution is 2.31. The van der Waals surface area contributed by atoms with Gasteiger partial charge in [0.15, 0.2) is 5.16 Å². The Morgan fingerprint density at radius 3 is 2.50 bits per heavy atom. The minimum atomic E-state index is -0.832. The zero-order valence-corrected chi connectivity index (χ0v) is 15.3. The first-order chi connectivity index (χ1) is 11.3. The third kappa shape index (κ3) is 4.29. The van der Waals surface area contributed by atoms with Gasteiger partial charge in [-0.05, 0) is 24.0 Å². The van der Waals surface area contributed by atoms with E-state index in [0.717, 1.165) is 22.7 Å². The molecule has 6 nitrogen and oxygen atoms in total. The number of thioether (sulfide) groups is 1. The lowest BCUT2D eigenvalue weighted by Gasteiger charge is -2.19. The van der Waals surface area contributed by atoms with Crippen molar-refractivity contribution in [3.63, 3.8) is 0 Å². The van der Waals surface area contributed by atoms with Gasteiger partial charge in [0.05, 0.1) is 16.3 Å². The molecule has 2 aromatic rings. The predicted octanol–water partition coefficient (Wildman–Crippen LogP) is 3.00. The molecule has 0 saturated carbocycles. The Morgan fingerprint density at radius 2 is 1.92 bits per heavy atom. The molecule has 1 atom stereocenters. The second-order valence-electron chi connectivity index (χ2n) is 6.52. The van der Waals surface area contributed by atoms with E-state index in [9.17, 15) is 9.59 Å². The van der Waals surface area contributed by atoms with Gasteiger partial charge in [0.1, 0.15) is 0 Å². The average molecular weight is 348 g/mol. The van der Waals surface area contributed by atoms with E-state index in [1.54, 1.807) is 0 Å². The molecular formula is C17H24N4O2S. The van der Waals surface area contributed by atoms with Crippen LogP contribution in [0.4, 0.5) is 4.79 Å². The summed E-state index contributed by atoms with van der Waals surface area (Å²) in [5.74, 6) is 0.0891. The molecule has 24 heavy (non-hydrogen) atoms. The monoisotopic (exact) mass is 348 g/mol. The summed E-state index contributed by atoms with van der Waals surface area (Å²) in [5.41, 5.74) is 7.03. The van der Waals surface area contributed by atoms with Gasteiger partial charge in [-0.3, -0.25) is 10.1 Å². The summed E-state index contributed by atoms with van der Waals surface area (Å²) in [4.78, 5) is 28.0. The van der Waals surface area contributed by atoms with Crippen LogP contribution < -0.4 is 11.1 Å². The standard InChI is InChI=1S/C17H24N4O2S/c1-10(2)9-21-13-8-6-5-7-12(13)19-17(21)24-14(11(3)4)15(22)20-16(18)23/h5-8,10-11,14H,9H2,1-4H3,(H3,18,20,22,23)/t14-/m1/s1. The van der Waals surface area contributed by atoms with Crippen molar-refractivity contribution < 1.29 is 9.59 Å². The first-order valence-corrected chi connectivity index (χ1v) is 8.89. The number of nitrogens with zero attached hydrogens (tertiary/aromatic N) is 2. The number of imidazole rings is 1. The third-order valence-corrected chi connectivity index (χ3v) is 5.04. The number of carbonyl (C=O) groups is 2. The van der Waals surface area contributed by atoms with Crippen LogP contribution in [0, 0.1) is 11.8 Å². The van der Waals surface area contributed by atoms with Crippen LogP contribution in [0.2, 0.25) is 0 Å². The van der Waals surface area contributed by atoms with Crippen LogP contribution in [0.3, 0.4) is 0 Å². The lowest BCUT2D eigenvalue weighted by molar-refractivity contribution is -0.120. The maximum Gasteiger partial charge on any atom is 0.318 e. The van der Waals surface area contributed by atoms with E-state index >= 15 is 0 Å². The maximum absolute atomic E-state index is 12.3. The van der Waals surface area contributed by atoms with E-state index in [-0.39, 0.29) is 11.8 Å². The number of urea groups is 1. The van der Waals surface area contributed by atoms with Gasteiger partial charge in [-0.1, -0.05) is 51.6 Å². The summed E-state index contributed by atoms with van der Waals surface area (Å²) < 4.78 is 2.14. The van der Waals surface area contributed by atoms with Crippen molar-refractivity contribution in [3.8, 4) is 0 Å². The molecular weight excluding hydrogens is 324 g/mol. The fraction of sp³-hybridized carbons (Fsp3) is 0.471. The molecule has 0 saturated heterocycles. The van der Waals surface area contributed by atoms with E-state index in [1.165, 1.54) is 11.8 Å². The summed E-state index contributed by atoms with van der Waals surface area (Å²) in [5, 5.41) is 2.52. The van der Waals surface area contributed by atoms with Crippen molar-refractivity contribution in [1.29, 1.82) is 0 Å². The van der Waals surface area contributed by atoms with Crippen LogP contribution >= 0.6 is 11.8 Å². The summed E-state index contributed by atoms with van der Waals surface area (Å²) in [6.07, 6.45) is 0. The molecule has 0 spiro atoms. The number of hydrogen-bond acceptors (Lipinski definition) is 4. The van der Waals surface area contributed by atoms with Crippen LogP contribution in [-0.4, -0.2) is 26.7 Å². The van der Waals surface area contributed by atoms with E-state index in [4.69, 9.17) is 5.73 Å². The van der Waals surface area contributed by atoms with Crippen LogP contribution in [-0.2, 0) is 11.3 Å². The van der Waals surface area contributed by atoms with E-state index in [1.807, 2.05) is 38.1 Å². The fourth-order valence-corrected chi connectivity index (χ4v) is 3.60. The number of nitrogens with one attached hydrogen (secondary N) is 1. The molecule has 0 bridgehead atoms. The number of benzene rings is 1. The predicted molar refractivity (Wildman–Crippen MR) is 96.8 cm³/mol. The van der Waals surface area contributed by atoms with Crippen molar-refractivity contribution >= 4 is 34.7 Å². The number of para-hydroxylation sites is 2. The van der Waals surface area contributed by atoms with Crippen LogP contribution in [0.15, 0.2) is 29.4 Å². The smallest absolute Gasteiger partial charge is 0.318 e. The molecule has 3 amide bonds. The van der Waals surface area contributed by atoms with Crippen molar-refractivity contribution in [1.82, 2.24) is 14.9 Å². The molecule has 7 heteroatoms. The number of nitrogens with two attached hydrogens (primary N) is 1. The second kappa shape index (κ2) is 7.70. The topological polar surface area (TPSA) is 90.0 Å². The van der Waals surface area contributed by atoms with Gasteiger partial charge < -0.3 is 10.3 Å². The first kappa shape index (κ1) is 18.3. The molecule has 0 fully saturated rings. The zero-order chi connectivity index (χ0) is 17.9. The van der Waals surface area contributed by atoms with Gasteiger partial charge in [-0.2, -0.15) is 0 Å². The number of hydrogen-bond donors (Lipinski definition) is 2. The van der Waals surface area contributed by atoms with Crippen LogP contribution in [0.25, 0.3) is 11.0 Å². The lowest BCUT2D eigenvalue weighted by Crippen LogP contribution is -2.42. The van der Waals surface area contributed by atoms with Crippen LogP contribution in [0.1, 0.15) is 27.7 Å². The molecule has 0 aliphatic carbocycles. The Morgan fingerprint density at radius 1 is 1.25 bits per heavy atom. The molecule has 1 aromatic carbocycles. The van der Waals surface area contributed by atoms with Crippen molar-refractivity contribution in [3.05, 3.63) is 24.3 Å². The molecule has 0 aliphatic heterocycles. The lowest BCUT2D eigenvalue weighted by atomic mass is 10.1. The van der Waals surface area contributed by atoms with Crippen molar-refractivity contribution in [2.75, 3.05) is 0 Å². The van der Waals surface area contributed by atoms with Gasteiger partial charge >= 0.3 is 6.03 Å². The van der Waals surface area contributed by atoms with E-state index < -0.39 is 11.3 Å². The molecule has 130 valence electrons. The molecule has 2 rings (SSSR count). The third-order valence-electron chi connectivity index (χ3n) is 3.51. The summed E-state index contributed by atoms with van der Waals surface area (Å²) in [7, 11) is 0. The molecule has 3 N–H and O–H groups in total. The number of carbonyl (C=O) groups excluding carboxylic acids is 2. The molecule has 0 unspecified atom stereocenters. The minimum Gasteiger partial charge on any atom is -0.351 e. The largest absolute Gasteiger partial charge is 0.351 e. The van der Waals surface area contributed by atoms with Crippen molar-refractivity contribution in [2.45, 2.75) is 44.6 Å². The Balaban J connectivity index is 2.38. The van der Waals surface area contributed by atoms with Crippen LogP contribution in [0.5, 0.6) is 0 Å². The number of amides is 3. The molecule has 0 radical (unpaired) electrons. The minimum absolute atomic E-state index is 0.0293. The second-order valence-corrected chi connectivity index (χ2v) is 7.63. The molecule has 1 aromatic heterocycles. The van der Waals surface area contributed by atoms with Gasteiger partial charge in [0.2, 0.25) is 5.91 Å². The normalized spacial score (nSPS) is 12.8. The number of rotatable bonds is 6. The van der Waals surface area contributed by atoms with Gasteiger partial charge in [-0.25, -0.2) is 9.78 Å². The Bertz CT molecular complexity index is 739. The van der Waals surface area contributed by atoms with Gasteiger partial charge in [0.25, 0.3) is 0 Å². The maximum atomic E-state index is 12.3. The van der Waals surface area contributed by atoms with Gasteiger partial charge in [0, 0.05) is 6.54 Å². The quantitative estimate of drug-likeness (QED) is 0.785. The SMILES string of the molecule is CC(C)Cn1c(S[C@@H](C(=O)NC(N)=O)C(C)C)nc2ccccc21. The summed E-state index contributed by atoms with van der Waals surface area (Å²) in [6, 6.07) is 7.09.